The molecular weight excluding hydrogens is 371 g/mol. The Morgan fingerprint density at radius 3 is 2.00 bits per heavy atom. The highest BCUT2D eigenvalue weighted by Crippen LogP contribution is 2.24. The SMILES string of the molecule is O=C(NS(=O)(=O)Nc1ccc(Cl)cc1)c1c(Cl)cccc1Cl. The second kappa shape index (κ2) is 6.75. The highest BCUT2D eigenvalue weighted by Gasteiger charge is 2.20. The lowest BCUT2D eigenvalue weighted by atomic mass is 10.2. The molecule has 0 fully saturated rings. The molecule has 1 amide bonds. The van der Waals surface area contributed by atoms with Gasteiger partial charge in [-0.25, -0.2) is 4.72 Å². The largest absolute Gasteiger partial charge is 0.323 e. The second-order valence-corrected chi connectivity index (χ2v) is 6.81. The van der Waals surface area contributed by atoms with E-state index in [1.54, 1.807) is 6.07 Å². The summed E-state index contributed by atoms with van der Waals surface area (Å²) in [5.74, 6) is -0.933. The molecule has 2 aromatic carbocycles. The Bertz CT molecular complexity index is 788. The van der Waals surface area contributed by atoms with Crippen LogP contribution in [0.3, 0.4) is 0 Å². The van der Waals surface area contributed by atoms with Gasteiger partial charge in [-0.2, -0.15) is 8.42 Å². The molecule has 0 radical (unpaired) electrons. The number of rotatable bonds is 4. The maximum atomic E-state index is 12.0. The Kier molecular flexibility index (Phi) is 5.18. The summed E-state index contributed by atoms with van der Waals surface area (Å²) in [5.41, 5.74) is 0.127. The quantitative estimate of drug-likeness (QED) is 0.850. The fraction of sp³-hybridized carbons (Fsp3) is 0. The molecule has 0 saturated carbocycles. The van der Waals surface area contributed by atoms with Crippen LogP contribution in [0.4, 0.5) is 5.69 Å². The summed E-state index contributed by atoms with van der Waals surface area (Å²) in [6.45, 7) is 0. The smallest absolute Gasteiger partial charge is 0.268 e. The molecule has 5 nitrogen and oxygen atoms in total. The zero-order valence-corrected chi connectivity index (χ0v) is 13.9. The standard InChI is InChI=1S/C13H9Cl3N2O3S/c14-8-4-6-9(7-5-8)17-22(20,21)18-13(19)12-10(15)2-1-3-11(12)16/h1-7,17H,(H,18,19). The molecule has 0 atom stereocenters. The number of carbonyl (C=O) groups excluding carboxylic acids is 1. The normalized spacial score (nSPS) is 11.0. The number of amides is 1. The first-order valence-corrected chi connectivity index (χ1v) is 8.45. The van der Waals surface area contributed by atoms with Gasteiger partial charge in [0.1, 0.15) is 0 Å². The van der Waals surface area contributed by atoms with Gasteiger partial charge < -0.3 is 0 Å². The lowest BCUT2D eigenvalue weighted by Gasteiger charge is -2.11. The monoisotopic (exact) mass is 378 g/mol. The van der Waals surface area contributed by atoms with Gasteiger partial charge in [0.25, 0.3) is 5.91 Å². The van der Waals surface area contributed by atoms with Gasteiger partial charge in [0, 0.05) is 5.02 Å². The number of hydrogen-bond donors (Lipinski definition) is 2. The van der Waals surface area contributed by atoms with Crippen molar-refractivity contribution in [2.24, 2.45) is 0 Å². The Morgan fingerprint density at radius 2 is 1.45 bits per heavy atom. The van der Waals surface area contributed by atoms with E-state index in [0.717, 1.165) is 0 Å². The first kappa shape index (κ1) is 16.9. The maximum absolute atomic E-state index is 12.0. The fourth-order valence-electron chi connectivity index (χ4n) is 1.59. The molecule has 0 spiro atoms. The van der Waals surface area contributed by atoms with E-state index in [2.05, 4.69) is 4.72 Å². The van der Waals surface area contributed by atoms with Gasteiger partial charge in [-0.3, -0.25) is 9.52 Å². The van der Waals surface area contributed by atoms with Gasteiger partial charge in [-0.15, -0.1) is 0 Å². The minimum absolute atomic E-state index is 0.0479. The predicted octanol–water partition coefficient (Wildman–Crippen LogP) is 3.73. The number of carbonyl (C=O) groups is 1. The van der Waals surface area contributed by atoms with Crippen LogP contribution in [0.5, 0.6) is 0 Å². The van der Waals surface area contributed by atoms with Crippen LogP contribution in [0, 0.1) is 0 Å². The summed E-state index contributed by atoms with van der Waals surface area (Å²) < 4.78 is 27.9. The summed E-state index contributed by atoms with van der Waals surface area (Å²) in [4.78, 5) is 12.0. The summed E-state index contributed by atoms with van der Waals surface area (Å²) in [6, 6.07) is 10.3. The van der Waals surface area contributed by atoms with Crippen LogP contribution in [0.2, 0.25) is 15.1 Å². The van der Waals surface area contributed by atoms with Crippen molar-refractivity contribution in [1.82, 2.24) is 4.72 Å². The average Bonchev–Trinajstić information content (AvgIpc) is 2.40. The first-order chi connectivity index (χ1) is 10.3. The highest BCUT2D eigenvalue weighted by molar-refractivity contribution is 7.91. The maximum Gasteiger partial charge on any atom is 0.323 e. The van der Waals surface area contributed by atoms with Gasteiger partial charge in [0.15, 0.2) is 0 Å². The molecule has 0 aliphatic heterocycles. The predicted molar refractivity (Wildman–Crippen MR) is 87.9 cm³/mol. The third kappa shape index (κ3) is 4.27. The molecule has 0 bridgehead atoms. The van der Waals surface area contributed by atoms with Crippen molar-refractivity contribution in [2.45, 2.75) is 0 Å². The van der Waals surface area contributed by atoms with Gasteiger partial charge in [-0.05, 0) is 36.4 Å². The van der Waals surface area contributed by atoms with Crippen LogP contribution in [0.15, 0.2) is 42.5 Å². The van der Waals surface area contributed by atoms with Gasteiger partial charge in [0.2, 0.25) is 0 Å². The zero-order chi connectivity index (χ0) is 16.3. The minimum Gasteiger partial charge on any atom is -0.268 e. The van der Waals surface area contributed by atoms with E-state index < -0.39 is 16.1 Å². The molecule has 0 aliphatic rings. The Labute approximate surface area is 142 Å². The van der Waals surface area contributed by atoms with Crippen LogP contribution in [0.1, 0.15) is 10.4 Å². The molecule has 0 unspecified atom stereocenters. The molecule has 9 heteroatoms. The van der Waals surface area contributed by atoms with Gasteiger partial charge >= 0.3 is 10.2 Å². The number of anilines is 1. The molecule has 2 rings (SSSR count). The Morgan fingerprint density at radius 1 is 0.909 bits per heavy atom. The zero-order valence-electron chi connectivity index (χ0n) is 10.8. The highest BCUT2D eigenvalue weighted by atomic mass is 35.5. The van der Waals surface area contributed by atoms with Crippen molar-refractivity contribution in [3.63, 3.8) is 0 Å². The van der Waals surface area contributed by atoms with E-state index in [9.17, 15) is 13.2 Å². The van der Waals surface area contributed by atoms with Crippen molar-refractivity contribution in [1.29, 1.82) is 0 Å². The minimum atomic E-state index is -4.14. The topological polar surface area (TPSA) is 75.3 Å². The van der Waals surface area contributed by atoms with Crippen molar-refractivity contribution >= 4 is 56.6 Å². The van der Waals surface area contributed by atoms with Crippen molar-refractivity contribution in [2.75, 3.05) is 4.72 Å². The summed E-state index contributed by atoms with van der Waals surface area (Å²) >= 11 is 17.4. The van der Waals surface area contributed by atoms with E-state index >= 15 is 0 Å². The van der Waals surface area contributed by atoms with Crippen molar-refractivity contribution < 1.29 is 13.2 Å². The number of benzene rings is 2. The first-order valence-electron chi connectivity index (χ1n) is 5.83. The summed E-state index contributed by atoms with van der Waals surface area (Å²) in [6.07, 6.45) is 0. The van der Waals surface area contributed by atoms with E-state index in [1.807, 2.05) is 4.72 Å². The van der Waals surface area contributed by atoms with Gasteiger partial charge in [0.05, 0.1) is 21.3 Å². The number of hydrogen-bond acceptors (Lipinski definition) is 3. The van der Waals surface area contributed by atoms with E-state index in [1.165, 1.54) is 36.4 Å². The third-order valence-corrected chi connectivity index (χ3v) is 4.35. The molecule has 116 valence electrons. The van der Waals surface area contributed by atoms with E-state index in [0.29, 0.717) is 5.02 Å². The molecule has 0 aromatic heterocycles. The number of halogens is 3. The molecule has 0 saturated heterocycles. The number of nitrogens with one attached hydrogen (secondary N) is 2. The van der Waals surface area contributed by atoms with E-state index in [-0.39, 0.29) is 21.3 Å². The van der Waals surface area contributed by atoms with Gasteiger partial charge in [-0.1, -0.05) is 40.9 Å². The van der Waals surface area contributed by atoms with E-state index in [4.69, 9.17) is 34.8 Å². The average molecular weight is 380 g/mol. The van der Waals surface area contributed by atoms with Crippen LogP contribution in [-0.2, 0) is 10.2 Å². The second-order valence-electron chi connectivity index (χ2n) is 4.14. The van der Waals surface area contributed by atoms with Crippen LogP contribution in [-0.4, -0.2) is 14.3 Å². The van der Waals surface area contributed by atoms with Crippen molar-refractivity contribution in [3.05, 3.63) is 63.1 Å². The Hall–Kier alpha value is -1.47. The Balaban J connectivity index is 2.18. The lowest BCUT2D eigenvalue weighted by Crippen LogP contribution is -2.35. The lowest BCUT2D eigenvalue weighted by molar-refractivity contribution is 0.0982. The van der Waals surface area contributed by atoms with Crippen LogP contribution < -0.4 is 9.44 Å². The molecule has 2 aromatic rings. The molecular formula is C13H9Cl3N2O3S. The molecule has 22 heavy (non-hydrogen) atoms. The third-order valence-electron chi connectivity index (χ3n) is 2.51. The molecule has 2 N–H and O–H groups in total. The summed E-state index contributed by atoms with van der Waals surface area (Å²) in [5, 5.41) is 0.549. The van der Waals surface area contributed by atoms with Crippen molar-refractivity contribution in [3.8, 4) is 0 Å². The van der Waals surface area contributed by atoms with Crippen LogP contribution >= 0.6 is 34.8 Å². The molecule has 0 aliphatic carbocycles. The fourth-order valence-corrected chi connectivity index (χ4v) is 3.13. The summed E-state index contributed by atoms with van der Waals surface area (Å²) in [7, 11) is -4.14. The molecule has 0 heterocycles. The van der Waals surface area contributed by atoms with Crippen LogP contribution in [0.25, 0.3) is 0 Å².